The summed E-state index contributed by atoms with van der Waals surface area (Å²) in [6.45, 7) is 2.76. The number of nitrogens with zero attached hydrogens (tertiary/aromatic N) is 1. The number of rotatable bonds is 13. The van der Waals surface area contributed by atoms with E-state index in [0.717, 1.165) is 50.5 Å². The van der Waals surface area contributed by atoms with Crippen molar-refractivity contribution in [2.45, 2.75) is 70.4 Å². The zero-order valence-electron chi connectivity index (χ0n) is 21.1. The molecule has 0 unspecified atom stereocenters. The Morgan fingerprint density at radius 1 is 1.09 bits per heavy atom. The van der Waals surface area contributed by atoms with E-state index in [4.69, 9.17) is 4.74 Å². The summed E-state index contributed by atoms with van der Waals surface area (Å²) < 4.78 is 4.79. The summed E-state index contributed by atoms with van der Waals surface area (Å²) in [7, 11) is 1.38. The Kier molecular flexibility index (Phi) is 10.5. The van der Waals surface area contributed by atoms with Crippen LogP contribution in [0.15, 0.2) is 66.7 Å². The molecule has 0 bridgehead atoms. The third-order valence-electron chi connectivity index (χ3n) is 6.92. The molecule has 0 saturated carbocycles. The maximum absolute atomic E-state index is 12.4. The summed E-state index contributed by atoms with van der Waals surface area (Å²) in [5.74, 6) is 0.0248. The number of ether oxygens (including phenoxy) is 1. The average molecular weight is 478 g/mol. The van der Waals surface area contributed by atoms with Crippen molar-refractivity contribution in [2.24, 2.45) is 5.92 Å². The average Bonchev–Trinajstić information content (AvgIpc) is 3.24. The highest BCUT2D eigenvalue weighted by atomic mass is 16.5. The molecule has 0 aromatic heterocycles. The van der Waals surface area contributed by atoms with Crippen LogP contribution in [0, 0.1) is 5.92 Å². The molecule has 5 heteroatoms. The first-order valence-electron chi connectivity index (χ1n) is 12.8. The first-order chi connectivity index (χ1) is 17.0. The Morgan fingerprint density at radius 3 is 2.60 bits per heavy atom. The van der Waals surface area contributed by atoms with Crippen molar-refractivity contribution < 1.29 is 19.4 Å². The zero-order valence-corrected chi connectivity index (χ0v) is 21.1. The molecule has 35 heavy (non-hydrogen) atoms. The molecule has 3 atom stereocenters. The van der Waals surface area contributed by atoms with Gasteiger partial charge in [0.2, 0.25) is 5.91 Å². The molecule has 1 N–H and O–H groups in total. The van der Waals surface area contributed by atoms with E-state index < -0.39 is 6.10 Å². The number of hydrogen-bond acceptors (Lipinski definition) is 4. The van der Waals surface area contributed by atoms with Crippen LogP contribution in [-0.4, -0.2) is 47.7 Å². The van der Waals surface area contributed by atoms with Crippen LogP contribution in [0.25, 0.3) is 0 Å². The molecule has 1 heterocycles. The van der Waals surface area contributed by atoms with E-state index in [1.165, 1.54) is 12.7 Å². The molecule has 1 aliphatic rings. The summed E-state index contributed by atoms with van der Waals surface area (Å²) >= 11 is 0. The van der Waals surface area contributed by atoms with E-state index in [1.807, 2.05) is 41.3 Å². The Morgan fingerprint density at radius 2 is 1.83 bits per heavy atom. The number of esters is 1. The highest BCUT2D eigenvalue weighted by Gasteiger charge is 2.28. The van der Waals surface area contributed by atoms with Gasteiger partial charge in [0.15, 0.2) is 0 Å². The van der Waals surface area contributed by atoms with Crippen molar-refractivity contribution in [1.29, 1.82) is 0 Å². The summed E-state index contributed by atoms with van der Waals surface area (Å²) in [4.78, 5) is 26.1. The molecule has 5 nitrogen and oxygen atoms in total. The number of aliphatic hydroxyl groups is 1. The van der Waals surface area contributed by atoms with Gasteiger partial charge in [0.1, 0.15) is 0 Å². The first kappa shape index (κ1) is 26.7. The number of hydrogen-bond donors (Lipinski definition) is 1. The Bertz CT molecular complexity index is 971. The minimum absolute atomic E-state index is 0.0452. The number of aliphatic hydroxyl groups excluding tert-OH is 1. The molecule has 0 radical (unpaired) electrons. The standard InChI is InChI=1S/C30H39NO4/c1-23(10-6-7-13-24-11-4-3-5-12-24)28(32)19-17-27-18-20-29(33)31(27)21-9-15-25-14-8-16-26(22-25)30(34)35-2/h3-5,8,11-12,14,16-17,19,22-23,27-28,32H,6-7,9-10,13,15,18,20-21H2,1-2H3/b19-17+/t23-,27-,28+/m0/s1. The molecule has 188 valence electrons. The van der Waals surface area contributed by atoms with E-state index in [1.54, 1.807) is 6.07 Å². The van der Waals surface area contributed by atoms with Crippen LogP contribution in [0.5, 0.6) is 0 Å². The van der Waals surface area contributed by atoms with Gasteiger partial charge in [-0.3, -0.25) is 4.79 Å². The molecule has 3 rings (SSSR count). The smallest absolute Gasteiger partial charge is 0.337 e. The van der Waals surface area contributed by atoms with Gasteiger partial charge in [-0.25, -0.2) is 4.79 Å². The van der Waals surface area contributed by atoms with E-state index >= 15 is 0 Å². The lowest BCUT2D eigenvalue weighted by Crippen LogP contribution is -2.33. The molecule has 2 aromatic carbocycles. The normalized spacial score (nSPS) is 17.6. The van der Waals surface area contributed by atoms with Gasteiger partial charge in [-0.05, 0) is 67.7 Å². The molecule has 1 amide bonds. The number of methoxy groups -OCH3 is 1. The lowest BCUT2D eigenvalue weighted by Gasteiger charge is -2.23. The summed E-state index contributed by atoms with van der Waals surface area (Å²) in [6, 6.07) is 18.0. The van der Waals surface area contributed by atoms with Gasteiger partial charge in [-0.15, -0.1) is 0 Å². The van der Waals surface area contributed by atoms with Crippen LogP contribution in [0.4, 0.5) is 0 Å². The summed E-state index contributed by atoms with van der Waals surface area (Å²) in [6.07, 6.45) is 10.6. The zero-order chi connectivity index (χ0) is 25.0. The Hall–Kier alpha value is -2.92. The van der Waals surface area contributed by atoms with Crippen LogP contribution >= 0.6 is 0 Å². The maximum Gasteiger partial charge on any atom is 0.337 e. The Balaban J connectivity index is 1.42. The molecule has 1 saturated heterocycles. The second-order valence-electron chi connectivity index (χ2n) is 9.57. The maximum atomic E-state index is 12.4. The molecule has 0 spiro atoms. The monoisotopic (exact) mass is 477 g/mol. The first-order valence-corrected chi connectivity index (χ1v) is 12.8. The molecular weight excluding hydrogens is 438 g/mol. The van der Waals surface area contributed by atoms with Crippen molar-refractivity contribution in [1.82, 2.24) is 4.90 Å². The number of likely N-dealkylation sites (tertiary alicyclic amines) is 1. The summed E-state index contributed by atoms with van der Waals surface area (Å²) in [5.41, 5.74) is 2.97. The van der Waals surface area contributed by atoms with Gasteiger partial charge in [0, 0.05) is 13.0 Å². The lowest BCUT2D eigenvalue weighted by atomic mass is 9.95. The number of aryl methyl sites for hydroxylation is 2. The second-order valence-corrected chi connectivity index (χ2v) is 9.57. The van der Waals surface area contributed by atoms with Crippen molar-refractivity contribution in [3.8, 4) is 0 Å². The molecule has 1 aliphatic heterocycles. The number of benzene rings is 2. The van der Waals surface area contributed by atoms with Gasteiger partial charge in [0.25, 0.3) is 0 Å². The molecule has 1 fully saturated rings. The molecular formula is C30H39NO4. The van der Waals surface area contributed by atoms with E-state index in [0.29, 0.717) is 18.5 Å². The van der Waals surface area contributed by atoms with Crippen LogP contribution in [0.2, 0.25) is 0 Å². The van der Waals surface area contributed by atoms with Gasteiger partial charge >= 0.3 is 5.97 Å². The predicted molar refractivity (Wildman–Crippen MR) is 139 cm³/mol. The fourth-order valence-corrected chi connectivity index (χ4v) is 4.71. The van der Waals surface area contributed by atoms with Crippen LogP contribution < -0.4 is 0 Å². The third-order valence-corrected chi connectivity index (χ3v) is 6.92. The molecule has 2 aromatic rings. The van der Waals surface area contributed by atoms with E-state index in [-0.39, 0.29) is 23.8 Å². The van der Waals surface area contributed by atoms with Crippen LogP contribution in [-0.2, 0) is 22.4 Å². The number of unbranched alkanes of at least 4 members (excludes halogenated alkanes) is 1. The van der Waals surface area contributed by atoms with Gasteiger partial charge in [-0.2, -0.15) is 0 Å². The quantitative estimate of drug-likeness (QED) is 0.239. The SMILES string of the molecule is COC(=O)c1cccc(CCCN2C(=O)CC[C@@H]2/C=C/[C@@H](O)[C@@H](C)CCCCc2ccccc2)c1. The topological polar surface area (TPSA) is 66.8 Å². The predicted octanol–water partition coefficient (Wildman–Crippen LogP) is 5.36. The van der Waals surface area contributed by atoms with Crippen molar-refractivity contribution in [2.75, 3.05) is 13.7 Å². The fourth-order valence-electron chi connectivity index (χ4n) is 4.71. The van der Waals surface area contributed by atoms with E-state index in [2.05, 4.69) is 31.2 Å². The van der Waals surface area contributed by atoms with Gasteiger partial charge in [-0.1, -0.05) is 68.0 Å². The summed E-state index contributed by atoms with van der Waals surface area (Å²) in [5, 5.41) is 10.6. The fraction of sp³-hybridized carbons (Fsp3) is 0.467. The molecule has 0 aliphatic carbocycles. The van der Waals surface area contributed by atoms with Crippen LogP contribution in [0.3, 0.4) is 0 Å². The lowest BCUT2D eigenvalue weighted by molar-refractivity contribution is -0.128. The number of carbonyl (C=O) groups is 2. The van der Waals surface area contributed by atoms with Gasteiger partial charge in [0.05, 0.1) is 24.8 Å². The number of carbonyl (C=O) groups excluding carboxylic acids is 2. The van der Waals surface area contributed by atoms with Gasteiger partial charge < -0.3 is 14.7 Å². The third kappa shape index (κ3) is 8.36. The number of amides is 1. The minimum Gasteiger partial charge on any atom is -0.465 e. The van der Waals surface area contributed by atoms with Crippen molar-refractivity contribution in [3.05, 3.63) is 83.4 Å². The van der Waals surface area contributed by atoms with Crippen LogP contribution in [0.1, 0.15) is 66.9 Å². The second kappa shape index (κ2) is 13.8. The highest BCUT2D eigenvalue weighted by molar-refractivity contribution is 5.89. The highest BCUT2D eigenvalue weighted by Crippen LogP contribution is 2.22. The van der Waals surface area contributed by atoms with E-state index in [9.17, 15) is 14.7 Å². The van der Waals surface area contributed by atoms with Crippen molar-refractivity contribution >= 4 is 11.9 Å². The van der Waals surface area contributed by atoms with Crippen molar-refractivity contribution in [3.63, 3.8) is 0 Å². The Labute approximate surface area is 209 Å². The minimum atomic E-state index is -0.495. The largest absolute Gasteiger partial charge is 0.465 e.